The van der Waals surface area contributed by atoms with E-state index in [4.69, 9.17) is 25.5 Å². The lowest BCUT2D eigenvalue weighted by Crippen LogP contribution is -2.48. The predicted molar refractivity (Wildman–Crippen MR) is 135 cm³/mol. The molecule has 1 amide bonds. The summed E-state index contributed by atoms with van der Waals surface area (Å²) in [5, 5.41) is 3.37. The summed E-state index contributed by atoms with van der Waals surface area (Å²) < 4.78 is 16.3. The molecule has 3 rings (SSSR count). The normalized spacial score (nSPS) is 12.5. The molecule has 0 radical (unpaired) electrons. The lowest BCUT2D eigenvalue weighted by Gasteiger charge is -2.24. The number of amides is 1. The van der Waals surface area contributed by atoms with E-state index in [-0.39, 0.29) is 22.3 Å². The first-order valence-electron chi connectivity index (χ1n) is 11.4. The molecule has 0 saturated heterocycles. The van der Waals surface area contributed by atoms with Gasteiger partial charge in [0, 0.05) is 23.4 Å². The van der Waals surface area contributed by atoms with Gasteiger partial charge in [-0.2, -0.15) is 0 Å². The Balaban J connectivity index is 1.88. The van der Waals surface area contributed by atoms with Crippen LogP contribution in [0.4, 0.5) is 4.79 Å². The summed E-state index contributed by atoms with van der Waals surface area (Å²) in [6.45, 7) is 10.5. The van der Waals surface area contributed by atoms with Crippen LogP contribution in [0, 0.1) is 12.8 Å². The van der Waals surface area contributed by atoms with Crippen molar-refractivity contribution >= 4 is 34.6 Å². The van der Waals surface area contributed by atoms with Crippen LogP contribution < -0.4 is 15.7 Å². The zero-order valence-corrected chi connectivity index (χ0v) is 21.5. The summed E-state index contributed by atoms with van der Waals surface area (Å²) in [6, 6.07) is 11.7. The molecule has 35 heavy (non-hydrogen) atoms. The Morgan fingerprint density at radius 2 is 1.77 bits per heavy atom. The van der Waals surface area contributed by atoms with E-state index in [1.165, 1.54) is 6.07 Å². The van der Waals surface area contributed by atoms with Crippen molar-refractivity contribution in [1.82, 2.24) is 5.32 Å². The Kier molecular flexibility index (Phi) is 7.90. The number of hydrogen-bond donors (Lipinski definition) is 1. The Bertz CT molecular complexity index is 1290. The molecule has 0 saturated carbocycles. The van der Waals surface area contributed by atoms with Crippen molar-refractivity contribution in [3.63, 3.8) is 0 Å². The van der Waals surface area contributed by atoms with Crippen LogP contribution in [-0.4, -0.2) is 23.7 Å². The number of ether oxygens (including phenoxy) is 2. The van der Waals surface area contributed by atoms with Crippen LogP contribution in [0.15, 0.2) is 51.7 Å². The van der Waals surface area contributed by atoms with E-state index in [1.54, 1.807) is 40.7 Å². The second-order valence-electron chi connectivity index (χ2n) is 9.72. The minimum absolute atomic E-state index is 0.0270. The highest BCUT2D eigenvalue weighted by Gasteiger charge is 2.29. The fraction of sp³-hybridized carbons (Fsp3) is 0.370. The van der Waals surface area contributed by atoms with Crippen LogP contribution in [0.2, 0.25) is 5.02 Å². The van der Waals surface area contributed by atoms with Crippen molar-refractivity contribution in [1.29, 1.82) is 0 Å². The minimum atomic E-state index is -0.974. The third-order valence-corrected chi connectivity index (χ3v) is 5.66. The number of aryl methyl sites for hydroxylation is 1. The highest BCUT2D eigenvalue weighted by molar-refractivity contribution is 6.33. The van der Waals surface area contributed by atoms with Crippen LogP contribution in [-0.2, 0) is 16.0 Å². The van der Waals surface area contributed by atoms with Gasteiger partial charge in [-0.1, -0.05) is 55.8 Å². The van der Waals surface area contributed by atoms with Gasteiger partial charge >= 0.3 is 17.7 Å². The van der Waals surface area contributed by atoms with Crippen LogP contribution in [0.5, 0.6) is 5.75 Å². The largest absolute Gasteiger partial charge is 0.444 e. The van der Waals surface area contributed by atoms with E-state index in [1.807, 2.05) is 37.3 Å². The average molecular weight is 500 g/mol. The van der Waals surface area contributed by atoms with Gasteiger partial charge in [0.15, 0.2) is 5.75 Å². The molecular weight excluding hydrogens is 470 g/mol. The van der Waals surface area contributed by atoms with Crippen LogP contribution >= 0.6 is 11.6 Å². The van der Waals surface area contributed by atoms with E-state index >= 15 is 0 Å². The molecule has 0 aliphatic carbocycles. The van der Waals surface area contributed by atoms with Crippen molar-refractivity contribution in [3.8, 4) is 5.75 Å². The molecule has 0 spiro atoms. The van der Waals surface area contributed by atoms with E-state index in [2.05, 4.69) is 5.32 Å². The van der Waals surface area contributed by atoms with Gasteiger partial charge in [0.2, 0.25) is 0 Å². The molecule has 0 unspecified atom stereocenters. The van der Waals surface area contributed by atoms with Crippen LogP contribution in [0.1, 0.15) is 51.3 Å². The number of esters is 1. The second kappa shape index (κ2) is 10.5. The minimum Gasteiger partial charge on any atom is -0.444 e. The number of alkyl carbamates (subject to hydrolysis) is 1. The number of nitrogens with one attached hydrogen (secondary N) is 1. The van der Waals surface area contributed by atoms with Crippen LogP contribution in [0.25, 0.3) is 11.0 Å². The van der Waals surface area contributed by atoms with Gasteiger partial charge in [-0.05, 0) is 50.8 Å². The van der Waals surface area contributed by atoms with E-state index in [0.29, 0.717) is 17.4 Å². The highest BCUT2D eigenvalue weighted by atomic mass is 35.5. The van der Waals surface area contributed by atoms with E-state index in [0.717, 1.165) is 11.1 Å². The molecule has 186 valence electrons. The number of carbonyl (C=O) groups is 2. The summed E-state index contributed by atoms with van der Waals surface area (Å²) in [7, 11) is 0. The molecule has 2 aromatic carbocycles. The molecule has 0 bridgehead atoms. The first-order valence-corrected chi connectivity index (χ1v) is 11.7. The molecule has 0 fully saturated rings. The number of carbonyl (C=O) groups excluding carboxylic acids is 2. The quantitative estimate of drug-likeness (QED) is 0.261. The first kappa shape index (κ1) is 26.3. The predicted octanol–water partition coefficient (Wildman–Crippen LogP) is 5.80. The molecule has 3 aromatic rings. The Morgan fingerprint density at radius 1 is 1.11 bits per heavy atom. The van der Waals surface area contributed by atoms with Crippen molar-refractivity contribution < 1.29 is 23.5 Å². The lowest BCUT2D eigenvalue weighted by molar-refractivity contribution is -0.137. The van der Waals surface area contributed by atoms with Crippen molar-refractivity contribution in [2.24, 2.45) is 5.92 Å². The topological polar surface area (TPSA) is 94.8 Å². The maximum atomic E-state index is 12.9. The maximum Gasteiger partial charge on any atom is 0.408 e. The third kappa shape index (κ3) is 6.63. The van der Waals surface area contributed by atoms with Gasteiger partial charge in [-0.3, -0.25) is 0 Å². The van der Waals surface area contributed by atoms with Crippen molar-refractivity contribution in [3.05, 3.63) is 74.6 Å². The number of rotatable bonds is 6. The molecule has 7 nitrogen and oxygen atoms in total. The Morgan fingerprint density at radius 3 is 2.37 bits per heavy atom. The average Bonchev–Trinajstić information content (AvgIpc) is 2.75. The maximum absolute atomic E-state index is 12.9. The first-order chi connectivity index (χ1) is 16.4. The smallest absolute Gasteiger partial charge is 0.408 e. The third-order valence-electron chi connectivity index (χ3n) is 5.37. The fourth-order valence-corrected chi connectivity index (χ4v) is 3.78. The molecule has 1 aromatic heterocycles. The number of hydrogen-bond acceptors (Lipinski definition) is 6. The fourth-order valence-electron chi connectivity index (χ4n) is 3.58. The zero-order valence-electron chi connectivity index (χ0n) is 20.7. The number of halogens is 1. The lowest BCUT2D eigenvalue weighted by atomic mass is 9.99. The second-order valence-corrected chi connectivity index (χ2v) is 10.1. The zero-order chi connectivity index (χ0) is 25.9. The van der Waals surface area contributed by atoms with Crippen molar-refractivity contribution in [2.45, 2.75) is 59.6 Å². The molecule has 0 aliphatic rings. The standard InChI is InChI=1S/C27H30ClNO6/c1-15(2)23(29-26(32)35-27(4,5)6)25(31)34-22-14-21-18(13-20(22)28)16(3)19(24(30)33-21)12-17-10-8-7-9-11-17/h7-11,13-15,23H,12H2,1-6H3,(H,29,32)/t23-/m1/s1. The highest BCUT2D eigenvalue weighted by Crippen LogP contribution is 2.32. The SMILES string of the molecule is Cc1c(Cc2ccccc2)c(=O)oc2cc(OC(=O)[C@H](NC(=O)OC(C)(C)C)C(C)C)c(Cl)cc12. The molecular formula is C27H30ClNO6. The number of benzene rings is 2. The van der Waals surface area contributed by atoms with Gasteiger partial charge in [0.1, 0.15) is 17.2 Å². The summed E-state index contributed by atoms with van der Waals surface area (Å²) in [6.07, 6.45) is -0.309. The molecule has 0 aliphatic heterocycles. The van der Waals surface area contributed by atoms with Crippen LogP contribution in [0.3, 0.4) is 0 Å². The molecule has 1 atom stereocenters. The summed E-state index contributed by atoms with van der Waals surface area (Å²) >= 11 is 6.44. The summed E-state index contributed by atoms with van der Waals surface area (Å²) in [4.78, 5) is 37.8. The molecule has 1 N–H and O–H groups in total. The van der Waals surface area contributed by atoms with E-state index in [9.17, 15) is 14.4 Å². The van der Waals surface area contributed by atoms with Gasteiger partial charge < -0.3 is 19.2 Å². The van der Waals surface area contributed by atoms with Crippen molar-refractivity contribution in [2.75, 3.05) is 0 Å². The molecule has 1 heterocycles. The van der Waals surface area contributed by atoms with Gasteiger partial charge in [0.05, 0.1) is 5.02 Å². The monoisotopic (exact) mass is 499 g/mol. The Hall–Kier alpha value is -3.32. The Labute approximate surface area is 209 Å². The molecule has 8 heteroatoms. The summed E-state index contributed by atoms with van der Waals surface area (Å²) in [5.74, 6) is -0.971. The van der Waals surface area contributed by atoms with E-state index < -0.39 is 29.3 Å². The van der Waals surface area contributed by atoms with Gasteiger partial charge in [-0.15, -0.1) is 0 Å². The summed E-state index contributed by atoms with van der Waals surface area (Å²) in [5.41, 5.74) is 1.32. The number of fused-ring (bicyclic) bond motifs is 1. The van der Waals surface area contributed by atoms with Gasteiger partial charge in [-0.25, -0.2) is 14.4 Å². The van der Waals surface area contributed by atoms with Gasteiger partial charge in [0.25, 0.3) is 0 Å².